The van der Waals surface area contributed by atoms with Crippen molar-refractivity contribution >= 4 is 33.9 Å². The molecule has 1 N–H and O–H groups in total. The number of nitrogens with zero attached hydrogens (tertiary/aromatic N) is 2. The number of aryl methyl sites for hydroxylation is 1. The Balaban J connectivity index is 1.58. The van der Waals surface area contributed by atoms with Crippen LogP contribution in [0.1, 0.15) is 22.3 Å². The Bertz CT molecular complexity index is 1380. The molecule has 0 aliphatic heterocycles. The fourth-order valence-corrected chi connectivity index (χ4v) is 4.96. The molecular formula is C25H25F2N3O4S. The summed E-state index contributed by atoms with van der Waals surface area (Å²) in [4.78, 5) is 16.9. The van der Waals surface area contributed by atoms with Crippen molar-refractivity contribution in [3.8, 4) is 22.1 Å². The number of benzene rings is 1. The van der Waals surface area contributed by atoms with Crippen LogP contribution in [0, 0.1) is 18.6 Å². The highest BCUT2D eigenvalue weighted by atomic mass is 32.1. The summed E-state index contributed by atoms with van der Waals surface area (Å²) in [6.45, 7) is 4.76. The summed E-state index contributed by atoms with van der Waals surface area (Å²) in [5.41, 5.74) is 1.64. The van der Waals surface area contributed by atoms with Gasteiger partial charge in [0, 0.05) is 36.4 Å². The van der Waals surface area contributed by atoms with Crippen LogP contribution in [-0.4, -0.2) is 42.9 Å². The van der Waals surface area contributed by atoms with Gasteiger partial charge < -0.3 is 24.1 Å². The number of anilines is 1. The van der Waals surface area contributed by atoms with E-state index in [0.29, 0.717) is 47.0 Å². The first kappa shape index (κ1) is 24.5. The number of rotatable bonds is 9. The Labute approximate surface area is 205 Å². The number of hydrogen-bond acceptors (Lipinski definition) is 7. The van der Waals surface area contributed by atoms with E-state index in [9.17, 15) is 9.18 Å². The number of carbonyl (C=O) groups is 1. The number of nitrogens with one attached hydrogen (secondary N) is 1. The van der Waals surface area contributed by atoms with Crippen LogP contribution in [0.3, 0.4) is 0 Å². The number of pyridine rings is 1. The van der Waals surface area contributed by atoms with E-state index in [0.717, 1.165) is 17.0 Å². The molecule has 35 heavy (non-hydrogen) atoms. The van der Waals surface area contributed by atoms with Gasteiger partial charge in [-0.3, -0.25) is 4.98 Å². The number of fused-ring (bicyclic) bond motifs is 1. The molecule has 0 saturated heterocycles. The molecule has 3 heterocycles. The van der Waals surface area contributed by atoms with Gasteiger partial charge in [-0.05, 0) is 38.1 Å². The lowest BCUT2D eigenvalue weighted by molar-refractivity contribution is 0.0602. The van der Waals surface area contributed by atoms with Crippen LogP contribution in [0.2, 0.25) is 0 Å². The van der Waals surface area contributed by atoms with Gasteiger partial charge in [0.2, 0.25) is 0 Å². The first-order valence-electron chi connectivity index (χ1n) is 11.0. The molecule has 0 saturated carbocycles. The third-order valence-corrected chi connectivity index (χ3v) is 6.64. The van der Waals surface area contributed by atoms with E-state index >= 15 is 4.39 Å². The number of thiophene rings is 1. The topological polar surface area (TPSA) is 74.6 Å². The zero-order valence-electron chi connectivity index (χ0n) is 19.8. The molecular weight excluding hydrogens is 476 g/mol. The van der Waals surface area contributed by atoms with Gasteiger partial charge in [0.25, 0.3) is 0 Å². The third-order valence-electron chi connectivity index (χ3n) is 5.54. The average Bonchev–Trinajstić information content (AvgIpc) is 3.42. The van der Waals surface area contributed by atoms with E-state index in [-0.39, 0.29) is 22.1 Å². The maximum atomic E-state index is 15.4. The minimum atomic E-state index is -0.560. The number of halogens is 2. The minimum Gasteiger partial charge on any atom is -0.496 e. The second kappa shape index (κ2) is 10.3. The molecule has 1 aromatic carbocycles. The molecule has 4 rings (SSSR count). The molecule has 0 radical (unpaired) electrons. The second-order valence-electron chi connectivity index (χ2n) is 7.63. The van der Waals surface area contributed by atoms with Crippen LogP contribution in [0.25, 0.3) is 21.5 Å². The number of aromatic nitrogens is 2. The highest BCUT2D eigenvalue weighted by Crippen LogP contribution is 2.38. The lowest BCUT2D eigenvalue weighted by atomic mass is 10.2. The average molecular weight is 502 g/mol. The van der Waals surface area contributed by atoms with Gasteiger partial charge in [0.05, 0.1) is 36.9 Å². The Morgan fingerprint density at radius 1 is 1.17 bits per heavy atom. The molecule has 0 aliphatic carbocycles. The second-order valence-corrected chi connectivity index (χ2v) is 8.68. The molecule has 0 spiro atoms. The summed E-state index contributed by atoms with van der Waals surface area (Å²) < 4.78 is 47.5. The van der Waals surface area contributed by atoms with Crippen molar-refractivity contribution in [2.75, 3.05) is 32.7 Å². The maximum absolute atomic E-state index is 15.4. The van der Waals surface area contributed by atoms with Crippen molar-refractivity contribution in [2.24, 2.45) is 0 Å². The highest BCUT2D eigenvalue weighted by molar-refractivity contribution is 7.17. The van der Waals surface area contributed by atoms with Crippen LogP contribution in [0.5, 0.6) is 11.5 Å². The molecule has 0 aliphatic rings. The highest BCUT2D eigenvalue weighted by Gasteiger charge is 2.22. The standard InChI is InChI=1S/C25H25F2N3O4S/c1-5-34-19-13-20(35-24(19)25(31)33-4)22-21(27)17(8-9-29-22)28-10-11-30-14(2)12-15-18(32-3)7-6-16(26)23(15)30/h6-9,12-13H,5,10-11H2,1-4H3,(H,28,29). The van der Waals surface area contributed by atoms with E-state index in [1.807, 2.05) is 17.6 Å². The van der Waals surface area contributed by atoms with Gasteiger partial charge in [-0.2, -0.15) is 0 Å². The normalized spacial score (nSPS) is 11.0. The van der Waals surface area contributed by atoms with Crippen LogP contribution >= 0.6 is 11.3 Å². The summed E-state index contributed by atoms with van der Waals surface area (Å²) in [5.74, 6) is -0.552. The van der Waals surface area contributed by atoms with Crippen molar-refractivity contribution in [1.82, 2.24) is 9.55 Å². The van der Waals surface area contributed by atoms with Crippen molar-refractivity contribution in [3.05, 3.63) is 58.7 Å². The van der Waals surface area contributed by atoms with Gasteiger partial charge in [-0.1, -0.05) is 0 Å². The van der Waals surface area contributed by atoms with Crippen molar-refractivity contribution < 1.29 is 27.8 Å². The van der Waals surface area contributed by atoms with Gasteiger partial charge >= 0.3 is 5.97 Å². The largest absolute Gasteiger partial charge is 0.496 e. The summed E-state index contributed by atoms with van der Waals surface area (Å²) in [6, 6.07) is 7.96. The number of ether oxygens (including phenoxy) is 3. The first-order valence-corrected chi connectivity index (χ1v) is 11.8. The van der Waals surface area contributed by atoms with Crippen LogP contribution in [-0.2, 0) is 11.3 Å². The zero-order chi connectivity index (χ0) is 25.1. The summed E-state index contributed by atoms with van der Waals surface area (Å²) in [6.07, 6.45) is 1.49. The molecule has 0 amide bonds. The summed E-state index contributed by atoms with van der Waals surface area (Å²) in [5, 5.41) is 3.76. The fraction of sp³-hybridized carbons (Fsp3) is 0.280. The summed E-state index contributed by atoms with van der Waals surface area (Å²) >= 11 is 1.05. The van der Waals surface area contributed by atoms with Gasteiger partial charge in [0.15, 0.2) is 10.7 Å². The van der Waals surface area contributed by atoms with E-state index < -0.39 is 11.8 Å². The monoisotopic (exact) mass is 501 g/mol. The Morgan fingerprint density at radius 2 is 1.97 bits per heavy atom. The van der Waals surface area contributed by atoms with Crippen molar-refractivity contribution in [3.63, 3.8) is 0 Å². The third kappa shape index (κ3) is 4.66. The number of methoxy groups -OCH3 is 2. The predicted octanol–water partition coefficient (Wildman–Crippen LogP) is 5.66. The Kier molecular flexibility index (Phi) is 7.20. The summed E-state index contributed by atoms with van der Waals surface area (Å²) in [7, 11) is 2.82. The van der Waals surface area contributed by atoms with Crippen molar-refractivity contribution in [1.29, 1.82) is 0 Å². The molecule has 3 aromatic heterocycles. The minimum absolute atomic E-state index is 0.0921. The van der Waals surface area contributed by atoms with Gasteiger partial charge in [-0.15, -0.1) is 11.3 Å². The van der Waals surface area contributed by atoms with Crippen LogP contribution < -0.4 is 14.8 Å². The predicted molar refractivity (Wildman–Crippen MR) is 132 cm³/mol. The van der Waals surface area contributed by atoms with E-state index in [4.69, 9.17) is 14.2 Å². The molecule has 0 unspecified atom stereocenters. The zero-order valence-corrected chi connectivity index (χ0v) is 20.6. The molecule has 0 fully saturated rings. The van der Waals surface area contributed by atoms with E-state index in [1.54, 1.807) is 26.2 Å². The fourth-order valence-electron chi connectivity index (χ4n) is 3.95. The molecule has 10 heteroatoms. The Hall–Kier alpha value is -3.66. The lowest BCUT2D eigenvalue weighted by Crippen LogP contribution is -2.13. The van der Waals surface area contributed by atoms with Crippen LogP contribution in [0.15, 0.2) is 36.5 Å². The molecule has 184 valence electrons. The van der Waals surface area contributed by atoms with Gasteiger partial charge in [-0.25, -0.2) is 13.6 Å². The quantitative estimate of drug-likeness (QED) is 0.299. The number of carbonyl (C=O) groups excluding carboxylic acids is 1. The molecule has 7 nitrogen and oxygen atoms in total. The number of hydrogen-bond donors (Lipinski definition) is 1. The van der Waals surface area contributed by atoms with Crippen molar-refractivity contribution in [2.45, 2.75) is 20.4 Å². The molecule has 0 bridgehead atoms. The SMILES string of the molecule is CCOc1cc(-c2nccc(NCCn3c(C)cc4c(OC)ccc(F)c43)c2F)sc1C(=O)OC. The molecule has 4 aromatic rings. The number of esters is 1. The van der Waals surface area contributed by atoms with E-state index in [1.165, 1.54) is 25.4 Å². The van der Waals surface area contributed by atoms with Crippen LogP contribution in [0.4, 0.5) is 14.5 Å². The molecule has 0 atom stereocenters. The van der Waals surface area contributed by atoms with E-state index in [2.05, 4.69) is 10.3 Å². The smallest absolute Gasteiger partial charge is 0.351 e. The lowest BCUT2D eigenvalue weighted by Gasteiger charge is -2.13. The maximum Gasteiger partial charge on any atom is 0.351 e. The Morgan fingerprint density at radius 3 is 2.69 bits per heavy atom. The first-order chi connectivity index (χ1) is 16.9. The van der Waals surface area contributed by atoms with Gasteiger partial charge in [0.1, 0.15) is 23.0 Å².